The third kappa shape index (κ3) is 3.91. The van der Waals surface area contributed by atoms with Crippen molar-refractivity contribution in [3.8, 4) is 10.6 Å². The molecule has 1 aromatic carbocycles. The molecule has 0 saturated carbocycles. The van der Waals surface area contributed by atoms with Gasteiger partial charge in [0, 0.05) is 24.2 Å². The van der Waals surface area contributed by atoms with E-state index >= 15 is 0 Å². The van der Waals surface area contributed by atoms with E-state index in [0.717, 1.165) is 27.3 Å². The Balaban J connectivity index is 1.77. The molecule has 7 heteroatoms. The van der Waals surface area contributed by atoms with E-state index in [2.05, 4.69) is 10.1 Å². The van der Waals surface area contributed by atoms with E-state index in [0.29, 0.717) is 5.69 Å². The van der Waals surface area contributed by atoms with Crippen molar-refractivity contribution in [1.82, 2.24) is 14.8 Å². The summed E-state index contributed by atoms with van der Waals surface area (Å²) < 4.78 is 26.8. The first-order chi connectivity index (χ1) is 11.3. The lowest BCUT2D eigenvalue weighted by molar-refractivity contribution is 0.594. The molecule has 0 aliphatic carbocycles. The summed E-state index contributed by atoms with van der Waals surface area (Å²) in [7, 11) is -1.43. The topological polar surface area (TPSA) is 64.8 Å². The molecule has 2 heterocycles. The van der Waals surface area contributed by atoms with Gasteiger partial charge in [-0.2, -0.15) is 5.10 Å². The summed E-state index contributed by atoms with van der Waals surface area (Å²) in [5.41, 5.74) is 4.42. The normalized spacial score (nSPS) is 11.8. The highest BCUT2D eigenvalue weighted by Crippen LogP contribution is 2.24. The van der Waals surface area contributed by atoms with Crippen LogP contribution < -0.4 is 0 Å². The van der Waals surface area contributed by atoms with Gasteiger partial charge in [0.25, 0.3) is 0 Å². The van der Waals surface area contributed by atoms with E-state index in [-0.39, 0.29) is 11.5 Å². The van der Waals surface area contributed by atoms with Gasteiger partial charge in [-0.05, 0) is 25.0 Å². The summed E-state index contributed by atoms with van der Waals surface area (Å²) in [5.74, 6) is -0.00257. The molecule has 0 unspecified atom stereocenters. The van der Waals surface area contributed by atoms with Crippen LogP contribution in [0, 0.1) is 13.8 Å². The third-order valence-corrected chi connectivity index (χ3v) is 6.18. The zero-order valence-electron chi connectivity index (χ0n) is 13.9. The lowest BCUT2D eigenvalue weighted by Crippen LogP contribution is -2.09. The predicted molar refractivity (Wildman–Crippen MR) is 96.6 cm³/mol. The van der Waals surface area contributed by atoms with Gasteiger partial charge >= 0.3 is 0 Å². The van der Waals surface area contributed by atoms with Gasteiger partial charge < -0.3 is 0 Å². The zero-order chi connectivity index (χ0) is 17.3. The number of nitrogens with zero attached hydrogens (tertiary/aromatic N) is 3. The lowest BCUT2D eigenvalue weighted by atomic mass is 10.1. The molecule has 0 atom stereocenters. The average molecular weight is 361 g/mol. The SMILES string of the molecule is Cc1ccc(C)c(CS(=O)(=O)Cc2csc(-c3cnn(C)c3)n2)c1. The Bertz CT molecular complexity index is 971. The van der Waals surface area contributed by atoms with Crippen molar-refractivity contribution in [2.24, 2.45) is 7.05 Å². The van der Waals surface area contributed by atoms with Crippen LogP contribution in [0.3, 0.4) is 0 Å². The zero-order valence-corrected chi connectivity index (χ0v) is 15.5. The summed E-state index contributed by atoms with van der Waals surface area (Å²) in [6, 6.07) is 5.89. The molecule has 0 saturated heterocycles. The number of aromatic nitrogens is 3. The van der Waals surface area contributed by atoms with Gasteiger partial charge in [-0.3, -0.25) is 4.68 Å². The number of thiazole rings is 1. The van der Waals surface area contributed by atoms with Crippen molar-refractivity contribution in [2.45, 2.75) is 25.4 Å². The first kappa shape index (κ1) is 16.9. The summed E-state index contributed by atoms with van der Waals surface area (Å²) >= 11 is 1.44. The monoisotopic (exact) mass is 361 g/mol. The molecule has 126 valence electrons. The molecular formula is C17H19N3O2S2. The second-order valence-electron chi connectivity index (χ2n) is 6.01. The first-order valence-corrected chi connectivity index (χ1v) is 10.2. The predicted octanol–water partition coefficient (Wildman–Crippen LogP) is 3.28. The third-order valence-electron chi connectivity index (χ3n) is 3.75. The fourth-order valence-corrected chi connectivity index (χ4v) is 4.89. The summed E-state index contributed by atoms with van der Waals surface area (Å²) in [6.45, 7) is 3.91. The van der Waals surface area contributed by atoms with Crippen molar-refractivity contribution in [1.29, 1.82) is 0 Å². The number of aryl methyl sites for hydroxylation is 3. The van der Waals surface area contributed by atoms with E-state index in [1.807, 2.05) is 50.7 Å². The number of hydrogen-bond acceptors (Lipinski definition) is 5. The number of hydrogen-bond donors (Lipinski definition) is 0. The molecular weight excluding hydrogens is 342 g/mol. The van der Waals surface area contributed by atoms with Crippen LogP contribution in [0.25, 0.3) is 10.6 Å². The average Bonchev–Trinajstić information content (AvgIpc) is 3.11. The molecule has 0 spiro atoms. The van der Waals surface area contributed by atoms with E-state index in [4.69, 9.17) is 0 Å². The van der Waals surface area contributed by atoms with Gasteiger partial charge in [-0.25, -0.2) is 13.4 Å². The Morgan fingerprint density at radius 2 is 2.00 bits per heavy atom. The molecule has 0 aliphatic rings. The van der Waals surface area contributed by atoms with Crippen LogP contribution >= 0.6 is 11.3 Å². The highest BCUT2D eigenvalue weighted by atomic mass is 32.2. The van der Waals surface area contributed by atoms with Crippen LogP contribution in [-0.2, 0) is 28.4 Å². The minimum Gasteiger partial charge on any atom is -0.275 e. The van der Waals surface area contributed by atoms with Crippen LogP contribution in [0.5, 0.6) is 0 Å². The molecule has 0 bridgehead atoms. The second-order valence-corrected chi connectivity index (χ2v) is 8.93. The van der Waals surface area contributed by atoms with E-state index in [9.17, 15) is 8.42 Å². The van der Waals surface area contributed by atoms with Gasteiger partial charge in [-0.1, -0.05) is 23.8 Å². The minimum atomic E-state index is -3.27. The maximum absolute atomic E-state index is 12.5. The van der Waals surface area contributed by atoms with Crippen LogP contribution in [-0.4, -0.2) is 23.2 Å². The number of benzene rings is 1. The molecule has 5 nitrogen and oxygen atoms in total. The smallest absolute Gasteiger partial charge is 0.160 e. The van der Waals surface area contributed by atoms with Gasteiger partial charge in [0.05, 0.1) is 23.4 Å². The summed E-state index contributed by atoms with van der Waals surface area (Å²) in [4.78, 5) is 4.45. The standard InChI is InChI=1S/C17H19N3O2S2/c1-12-4-5-13(2)14(6-12)10-24(21,22)11-16-9-23-17(19-16)15-7-18-20(3)8-15/h4-9H,10-11H2,1-3H3. The van der Waals surface area contributed by atoms with Gasteiger partial charge in [-0.15, -0.1) is 11.3 Å². The van der Waals surface area contributed by atoms with Crippen molar-refractivity contribution in [3.63, 3.8) is 0 Å². The molecule has 0 N–H and O–H groups in total. The Kier molecular flexibility index (Phi) is 4.56. The largest absolute Gasteiger partial charge is 0.275 e. The fourth-order valence-electron chi connectivity index (χ4n) is 2.51. The Labute approximate surface area is 145 Å². The van der Waals surface area contributed by atoms with E-state index in [1.54, 1.807) is 10.9 Å². The van der Waals surface area contributed by atoms with Gasteiger partial charge in [0.1, 0.15) is 5.01 Å². The van der Waals surface area contributed by atoms with Gasteiger partial charge in [0.2, 0.25) is 0 Å². The summed E-state index contributed by atoms with van der Waals surface area (Å²) in [6.07, 6.45) is 3.60. The molecule has 0 fully saturated rings. The maximum Gasteiger partial charge on any atom is 0.160 e. The number of sulfone groups is 1. The molecule has 3 aromatic rings. The minimum absolute atomic E-state index is 0.0419. The molecule has 24 heavy (non-hydrogen) atoms. The Morgan fingerprint density at radius 1 is 1.21 bits per heavy atom. The van der Waals surface area contributed by atoms with Crippen molar-refractivity contribution < 1.29 is 8.42 Å². The number of rotatable bonds is 5. The van der Waals surface area contributed by atoms with E-state index in [1.165, 1.54) is 11.3 Å². The van der Waals surface area contributed by atoms with Crippen molar-refractivity contribution >= 4 is 21.2 Å². The van der Waals surface area contributed by atoms with Gasteiger partial charge in [0.15, 0.2) is 9.84 Å². The molecule has 0 amide bonds. The summed E-state index contributed by atoms with van der Waals surface area (Å²) in [5, 5.41) is 6.72. The van der Waals surface area contributed by atoms with Crippen molar-refractivity contribution in [2.75, 3.05) is 0 Å². The van der Waals surface area contributed by atoms with E-state index < -0.39 is 9.84 Å². The molecule has 3 rings (SSSR count). The molecule has 0 radical (unpaired) electrons. The molecule has 0 aliphatic heterocycles. The quantitative estimate of drug-likeness (QED) is 0.699. The highest BCUT2D eigenvalue weighted by Gasteiger charge is 2.17. The highest BCUT2D eigenvalue weighted by molar-refractivity contribution is 7.89. The first-order valence-electron chi connectivity index (χ1n) is 7.52. The van der Waals surface area contributed by atoms with Crippen LogP contribution in [0.15, 0.2) is 36.0 Å². The van der Waals surface area contributed by atoms with Crippen molar-refractivity contribution in [3.05, 3.63) is 58.4 Å². The lowest BCUT2D eigenvalue weighted by Gasteiger charge is -2.07. The fraction of sp³-hybridized carbons (Fsp3) is 0.294. The molecule has 2 aromatic heterocycles. The Morgan fingerprint density at radius 3 is 2.71 bits per heavy atom. The second kappa shape index (κ2) is 6.49. The van der Waals surface area contributed by atoms with Crippen LogP contribution in [0.1, 0.15) is 22.4 Å². The Hall–Kier alpha value is -1.99. The maximum atomic E-state index is 12.5. The van der Waals surface area contributed by atoms with Crippen LogP contribution in [0.4, 0.5) is 0 Å². The van der Waals surface area contributed by atoms with Crippen LogP contribution in [0.2, 0.25) is 0 Å².